The number of carbonyl (C=O) groups excluding carboxylic acids is 1. The highest BCUT2D eigenvalue weighted by molar-refractivity contribution is 6.31. The zero-order chi connectivity index (χ0) is 21.4. The highest BCUT2D eigenvalue weighted by atomic mass is 35.5. The van der Waals surface area contributed by atoms with E-state index in [0.29, 0.717) is 11.6 Å². The normalized spacial score (nSPS) is 15.0. The van der Waals surface area contributed by atoms with Gasteiger partial charge in [0.2, 0.25) is 0 Å². The van der Waals surface area contributed by atoms with Gasteiger partial charge in [0.25, 0.3) is 0 Å². The predicted octanol–water partition coefficient (Wildman–Crippen LogP) is 6.58. The topological polar surface area (TPSA) is 37.3 Å². The van der Waals surface area contributed by atoms with E-state index in [-0.39, 0.29) is 12.1 Å². The molecule has 31 heavy (non-hydrogen) atoms. The number of aryl methyl sites for hydroxylation is 1. The molecule has 154 valence electrons. The van der Waals surface area contributed by atoms with E-state index in [0.717, 1.165) is 33.8 Å². The van der Waals surface area contributed by atoms with Crippen LogP contribution in [0.5, 0.6) is 0 Å². The lowest BCUT2D eigenvalue weighted by Crippen LogP contribution is -2.38. The molecule has 0 bridgehead atoms. The van der Waals surface area contributed by atoms with E-state index >= 15 is 0 Å². The van der Waals surface area contributed by atoms with Crippen LogP contribution >= 0.6 is 11.6 Å². The fourth-order valence-corrected chi connectivity index (χ4v) is 4.41. The van der Waals surface area contributed by atoms with Crippen LogP contribution in [0.2, 0.25) is 5.02 Å². The minimum Gasteiger partial charge on any atom is -0.318 e. The van der Waals surface area contributed by atoms with Crippen LogP contribution in [0.25, 0.3) is 5.69 Å². The molecule has 0 radical (unpaired) electrons. The molecule has 0 fully saturated rings. The number of benzene rings is 3. The first kappa shape index (κ1) is 19.5. The zero-order valence-corrected chi connectivity index (χ0v) is 17.9. The molecule has 0 saturated heterocycles. The fraction of sp³-hybridized carbons (Fsp3) is 0.115. The largest absolute Gasteiger partial charge is 0.322 e. The van der Waals surface area contributed by atoms with E-state index in [1.807, 2.05) is 60.4 Å². The van der Waals surface area contributed by atoms with Crippen LogP contribution in [0.4, 0.5) is 10.5 Å². The van der Waals surface area contributed by atoms with Gasteiger partial charge in [0.05, 0.1) is 18.3 Å². The summed E-state index contributed by atoms with van der Waals surface area (Å²) in [5.74, 6) is 0. The van der Waals surface area contributed by atoms with Crippen molar-refractivity contribution < 1.29 is 4.79 Å². The summed E-state index contributed by atoms with van der Waals surface area (Å²) in [6.07, 6.45) is 2.06. The van der Waals surface area contributed by atoms with Crippen molar-refractivity contribution in [3.05, 3.63) is 119 Å². The van der Waals surface area contributed by atoms with Crippen LogP contribution in [0.3, 0.4) is 0 Å². The first-order chi connectivity index (χ1) is 15.1. The summed E-state index contributed by atoms with van der Waals surface area (Å²) in [6.45, 7) is 2.45. The standard InChI is InChI=1S/C26H22ClN3O/c1-18-13-14-21(27)16-22(18)28-26(31)30-17-20-10-5-6-11-23(20)29-15-7-12-24(29)25(30)19-8-3-2-4-9-19/h2-16,25H,17H2,1H3,(H,28,31)/t25-/m0/s1. The van der Waals surface area contributed by atoms with E-state index in [9.17, 15) is 4.79 Å². The molecule has 4 nitrogen and oxygen atoms in total. The van der Waals surface area contributed by atoms with Crippen LogP contribution in [0.1, 0.15) is 28.4 Å². The molecule has 0 unspecified atom stereocenters. The van der Waals surface area contributed by atoms with Gasteiger partial charge in [-0.1, -0.05) is 66.2 Å². The molecule has 3 aromatic carbocycles. The summed E-state index contributed by atoms with van der Waals surface area (Å²) in [4.78, 5) is 15.6. The maximum absolute atomic E-state index is 13.7. The number of hydrogen-bond donors (Lipinski definition) is 1. The van der Waals surface area contributed by atoms with Crippen molar-refractivity contribution in [1.82, 2.24) is 9.47 Å². The van der Waals surface area contributed by atoms with Gasteiger partial charge in [-0.2, -0.15) is 0 Å². The quantitative estimate of drug-likeness (QED) is 0.385. The number of nitrogens with one attached hydrogen (secondary N) is 1. The Balaban J connectivity index is 1.63. The first-order valence-electron chi connectivity index (χ1n) is 10.3. The Hall–Kier alpha value is -3.50. The van der Waals surface area contributed by atoms with Crippen LogP contribution in [0, 0.1) is 6.92 Å². The fourth-order valence-electron chi connectivity index (χ4n) is 4.24. The van der Waals surface area contributed by atoms with Gasteiger partial charge in [0.1, 0.15) is 0 Å². The molecule has 1 aliphatic heterocycles. The van der Waals surface area contributed by atoms with Crippen molar-refractivity contribution in [2.24, 2.45) is 0 Å². The summed E-state index contributed by atoms with van der Waals surface area (Å²) in [6, 6.07) is 27.6. The zero-order valence-electron chi connectivity index (χ0n) is 17.1. The number of halogens is 1. The summed E-state index contributed by atoms with van der Waals surface area (Å²) in [5.41, 5.74) is 5.99. The smallest absolute Gasteiger partial charge is 0.318 e. The molecule has 0 spiro atoms. The molecule has 1 atom stereocenters. The Morgan fingerprint density at radius 3 is 2.58 bits per heavy atom. The number of carbonyl (C=O) groups is 1. The van der Waals surface area contributed by atoms with Crippen molar-refractivity contribution in [2.45, 2.75) is 19.5 Å². The third kappa shape index (κ3) is 3.60. The molecule has 5 rings (SSSR count). The van der Waals surface area contributed by atoms with Crippen molar-refractivity contribution >= 4 is 23.3 Å². The molecule has 1 aliphatic rings. The summed E-state index contributed by atoms with van der Waals surface area (Å²) in [5, 5.41) is 3.69. The second kappa shape index (κ2) is 7.97. The third-order valence-electron chi connectivity index (χ3n) is 5.78. The second-order valence-corrected chi connectivity index (χ2v) is 8.20. The Morgan fingerprint density at radius 2 is 1.74 bits per heavy atom. The Kier molecular flexibility index (Phi) is 5.00. The number of rotatable bonds is 2. The van der Waals surface area contributed by atoms with Gasteiger partial charge in [0, 0.05) is 22.6 Å². The lowest BCUT2D eigenvalue weighted by Gasteiger charge is -2.31. The number of nitrogens with zero attached hydrogens (tertiary/aromatic N) is 2. The SMILES string of the molecule is Cc1ccc(Cl)cc1NC(=O)N1Cc2ccccc2-n2cccc2[C@@H]1c1ccccc1. The van der Waals surface area contributed by atoms with Gasteiger partial charge in [-0.05, 0) is 53.9 Å². The van der Waals surface area contributed by atoms with Crippen molar-refractivity contribution in [3.8, 4) is 5.69 Å². The molecular formula is C26H22ClN3O. The lowest BCUT2D eigenvalue weighted by atomic mass is 10.0. The number of aromatic nitrogens is 1. The average molecular weight is 428 g/mol. The highest BCUT2D eigenvalue weighted by Gasteiger charge is 2.33. The third-order valence-corrected chi connectivity index (χ3v) is 6.02. The first-order valence-corrected chi connectivity index (χ1v) is 10.6. The van der Waals surface area contributed by atoms with Gasteiger partial charge in [-0.3, -0.25) is 0 Å². The second-order valence-electron chi connectivity index (χ2n) is 7.76. The molecule has 2 heterocycles. The molecular weight excluding hydrogens is 406 g/mol. The van der Waals surface area contributed by atoms with Crippen LogP contribution < -0.4 is 5.32 Å². The number of anilines is 1. The maximum Gasteiger partial charge on any atom is 0.322 e. The number of amides is 2. The molecule has 1 N–H and O–H groups in total. The maximum atomic E-state index is 13.7. The van der Waals surface area contributed by atoms with Gasteiger partial charge < -0.3 is 14.8 Å². The van der Waals surface area contributed by atoms with E-state index in [1.54, 1.807) is 6.07 Å². The van der Waals surface area contributed by atoms with Crippen molar-refractivity contribution in [3.63, 3.8) is 0 Å². The highest BCUT2D eigenvalue weighted by Crippen LogP contribution is 2.37. The molecule has 1 aromatic heterocycles. The van der Waals surface area contributed by atoms with E-state index in [1.165, 1.54) is 0 Å². The van der Waals surface area contributed by atoms with Gasteiger partial charge in [0.15, 0.2) is 0 Å². The minimum atomic E-state index is -0.233. The van der Waals surface area contributed by atoms with Crippen molar-refractivity contribution in [1.29, 1.82) is 0 Å². The lowest BCUT2D eigenvalue weighted by molar-refractivity contribution is 0.194. The van der Waals surface area contributed by atoms with Crippen LogP contribution in [0.15, 0.2) is 91.1 Å². The van der Waals surface area contributed by atoms with Crippen molar-refractivity contribution in [2.75, 3.05) is 5.32 Å². The monoisotopic (exact) mass is 427 g/mol. The number of para-hydroxylation sites is 1. The van der Waals surface area contributed by atoms with E-state index in [2.05, 4.69) is 46.4 Å². The molecule has 5 heteroatoms. The Morgan fingerprint density at radius 1 is 0.968 bits per heavy atom. The summed E-state index contributed by atoms with van der Waals surface area (Å²) >= 11 is 6.19. The van der Waals surface area contributed by atoms with Gasteiger partial charge in [-0.15, -0.1) is 0 Å². The minimum absolute atomic E-state index is 0.163. The number of urea groups is 1. The number of hydrogen-bond acceptors (Lipinski definition) is 1. The van der Waals surface area contributed by atoms with E-state index in [4.69, 9.17) is 11.6 Å². The van der Waals surface area contributed by atoms with Crippen LogP contribution in [-0.4, -0.2) is 15.5 Å². The molecule has 0 saturated carbocycles. The predicted molar refractivity (Wildman–Crippen MR) is 125 cm³/mol. The average Bonchev–Trinajstić information content (AvgIpc) is 3.21. The Labute approximate surface area is 186 Å². The summed E-state index contributed by atoms with van der Waals surface area (Å²) in [7, 11) is 0. The van der Waals surface area contributed by atoms with Crippen LogP contribution in [-0.2, 0) is 6.54 Å². The van der Waals surface area contributed by atoms with E-state index < -0.39 is 0 Å². The summed E-state index contributed by atoms with van der Waals surface area (Å²) < 4.78 is 2.19. The van der Waals surface area contributed by atoms with Gasteiger partial charge in [-0.25, -0.2) is 4.79 Å². The Bertz CT molecular complexity index is 1250. The van der Waals surface area contributed by atoms with Gasteiger partial charge >= 0.3 is 6.03 Å². The molecule has 4 aromatic rings. The molecule has 2 amide bonds. The molecule has 0 aliphatic carbocycles. The number of fused-ring (bicyclic) bond motifs is 3.